The first-order valence-corrected chi connectivity index (χ1v) is 7.90. The summed E-state index contributed by atoms with van der Waals surface area (Å²) in [5, 5.41) is 30.3. The number of benzene rings is 1. The van der Waals surface area contributed by atoms with E-state index in [0.717, 1.165) is 16.8 Å². The number of alkyl halides is 3. The van der Waals surface area contributed by atoms with Gasteiger partial charge >= 0.3 is 6.18 Å². The van der Waals surface area contributed by atoms with Gasteiger partial charge in [0.1, 0.15) is 17.2 Å². The number of hydrogen-bond donors (Lipinski definition) is 1. The van der Waals surface area contributed by atoms with Gasteiger partial charge in [0.2, 0.25) is 5.88 Å². The predicted molar refractivity (Wildman–Crippen MR) is 97.4 cm³/mol. The molecule has 0 fully saturated rings. The first-order chi connectivity index (χ1) is 13.5. The normalized spacial score (nSPS) is 11.4. The predicted octanol–water partition coefficient (Wildman–Crippen LogP) is 3.60. The van der Waals surface area contributed by atoms with Crippen LogP contribution in [0.4, 0.5) is 24.5 Å². The third-order valence-electron chi connectivity index (χ3n) is 3.98. The molecule has 0 aliphatic carbocycles. The minimum absolute atomic E-state index is 0.0603. The number of nitrogens with zero attached hydrogens (tertiary/aromatic N) is 4. The van der Waals surface area contributed by atoms with E-state index in [1.165, 1.54) is 13.0 Å². The first kappa shape index (κ1) is 21.4. The van der Waals surface area contributed by atoms with Crippen molar-refractivity contribution >= 4 is 17.6 Å². The lowest BCUT2D eigenvalue weighted by atomic mass is 10.1. The summed E-state index contributed by atoms with van der Waals surface area (Å²) < 4.78 is 40.1. The summed E-state index contributed by atoms with van der Waals surface area (Å²) in [7, 11) is 0. The highest BCUT2D eigenvalue weighted by Gasteiger charge is 2.38. The highest BCUT2D eigenvalue weighted by Crippen LogP contribution is 2.38. The zero-order valence-corrected chi connectivity index (χ0v) is 14.9. The number of hydrogen-bond acceptors (Lipinski definition) is 6. The van der Waals surface area contributed by atoms with E-state index in [1.54, 1.807) is 6.07 Å². The Balaban J connectivity index is 2.65. The van der Waals surface area contributed by atoms with Crippen LogP contribution in [0, 0.1) is 28.4 Å². The highest BCUT2D eigenvalue weighted by molar-refractivity contribution is 5.87. The standard InChI is InChI=1S/C18H13F3N4O4/c1-3-6-24-16(26)12(8-22)10(2)13(17(24)27)9-23-11-4-5-15(25(28)29)14(7-11)18(19,20)21/h3-5,7,9,27H,1,6H2,2H3. The summed E-state index contributed by atoms with van der Waals surface area (Å²) >= 11 is 0. The van der Waals surface area contributed by atoms with Gasteiger partial charge in [-0.05, 0) is 24.6 Å². The van der Waals surface area contributed by atoms with Gasteiger partial charge in [0.25, 0.3) is 11.2 Å². The second-order valence-corrected chi connectivity index (χ2v) is 5.77. The van der Waals surface area contributed by atoms with Crippen molar-refractivity contribution in [1.29, 1.82) is 5.26 Å². The van der Waals surface area contributed by atoms with Crippen molar-refractivity contribution in [3.8, 4) is 11.9 Å². The van der Waals surface area contributed by atoms with Crippen molar-refractivity contribution in [2.45, 2.75) is 19.6 Å². The van der Waals surface area contributed by atoms with E-state index in [2.05, 4.69) is 11.6 Å². The maximum atomic E-state index is 13.1. The molecule has 1 heterocycles. The second-order valence-electron chi connectivity index (χ2n) is 5.77. The third kappa shape index (κ3) is 4.16. The van der Waals surface area contributed by atoms with Gasteiger partial charge in [-0.2, -0.15) is 18.4 Å². The molecule has 29 heavy (non-hydrogen) atoms. The molecular formula is C18H13F3N4O4. The summed E-state index contributed by atoms with van der Waals surface area (Å²) in [5.74, 6) is -0.548. The van der Waals surface area contributed by atoms with E-state index in [0.29, 0.717) is 12.1 Å². The molecule has 0 bridgehead atoms. The molecule has 0 saturated carbocycles. The highest BCUT2D eigenvalue weighted by atomic mass is 19.4. The average molecular weight is 406 g/mol. The van der Waals surface area contributed by atoms with Gasteiger partial charge in [0.05, 0.1) is 16.2 Å². The number of aliphatic imine (C=N–C) groups is 1. The lowest BCUT2D eigenvalue weighted by Gasteiger charge is -2.12. The number of pyridine rings is 1. The van der Waals surface area contributed by atoms with Crippen molar-refractivity contribution < 1.29 is 23.2 Å². The van der Waals surface area contributed by atoms with Gasteiger partial charge in [0, 0.05) is 18.8 Å². The number of aromatic hydroxyl groups is 1. The van der Waals surface area contributed by atoms with Crippen molar-refractivity contribution in [3.05, 3.63) is 73.6 Å². The summed E-state index contributed by atoms with van der Waals surface area (Å²) in [6, 6.07) is 3.87. The molecule has 1 aromatic heterocycles. The van der Waals surface area contributed by atoms with Gasteiger partial charge in [0.15, 0.2) is 0 Å². The van der Waals surface area contributed by atoms with Crippen molar-refractivity contribution in [2.75, 3.05) is 0 Å². The van der Waals surface area contributed by atoms with Gasteiger partial charge in [-0.15, -0.1) is 6.58 Å². The van der Waals surface area contributed by atoms with Crippen LogP contribution in [0.25, 0.3) is 0 Å². The summed E-state index contributed by atoms with van der Waals surface area (Å²) in [6.07, 6.45) is -2.69. The molecule has 0 amide bonds. The maximum absolute atomic E-state index is 13.1. The number of nitro benzene ring substituents is 1. The Labute approximate surface area is 161 Å². The van der Waals surface area contributed by atoms with E-state index in [9.17, 15) is 38.4 Å². The average Bonchev–Trinajstić information content (AvgIpc) is 2.64. The summed E-state index contributed by atoms with van der Waals surface area (Å²) in [4.78, 5) is 25.7. The van der Waals surface area contributed by atoms with Crippen LogP contribution < -0.4 is 5.56 Å². The molecule has 0 spiro atoms. The number of nitriles is 1. The van der Waals surface area contributed by atoms with Crippen LogP contribution in [0.1, 0.15) is 22.3 Å². The van der Waals surface area contributed by atoms with Crippen molar-refractivity contribution in [1.82, 2.24) is 4.57 Å². The molecular weight excluding hydrogens is 393 g/mol. The van der Waals surface area contributed by atoms with E-state index < -0.39 is 33.8 Å². The Morgan fingerprint density at radius 2 is 2.10 bits per heavy atom. The minimum atomic E-state index is -4.98. The largest absolute Gasteiger partial charge is 0.494 e. The SMILES string of the molecule is C=CCn1c(O)c(C=Nc2ccc([N+](=O)[O-])c(C(F)(F)F)c2)c(C)c(C#N)c1=O. The van der Waals surface area contributed by atoms with Crippen molar-refractivity contribution in [3.63, 3.8) is 0 Å². The molecule has 150 valence electrons. The molecule has 0 radical (unpaired) electrons. The topological polar surface area (TPSA) is 122 Å². The number of nitro groups is 1. The Morgan fingerprint density at radius 3 is 2.62 bits per heavy atom. The maximum Gasteiger partial charge on any atom is 0.423 e. The molecule has 0 saturated heterocycles. The monoisotopic (exact) mass is 406 g/mol. The van der Waals surface area contributed by atoms with Gasteiger partial charge < -0.3 is 5.11 Å². The fraction of sp³-hybridized carbons (Fsp3) is 0.167. The van der Waals surface area contributed by atoms with Crippen LogP contribution in [0.5, 0.6) is 5.88 Å². The van der Waals surface area contributed by atoms with Gasteiger partial charge in [-0.1, -0.05) is 6.08 Å². The lowest BCUT2D eigenvalue weighted by Crippen LogP contribution is -2.24. The van der Waals surface area contributed by atoms with Crippen LogP contribution in [-0.4, -0.2) is 20.8 Å². The Hall–Kier alpha value is -3.94. The van der Waals surface area contributed by atoms with Crippen LogP contribution in [-0.2, 0) is 12.7 Å². The smallest absolute Gasteiger partial charge is 0.423 e. The quantitative estimate of drug-likeness (QED) is 0.352. The number of allylic oxidation sites excluding steroid dienone is 1. The molecule has 1 N–H and O–H groups in total. The Kier molecular flexibility index (Phi) is 5.87. The summed E-state index contributed by atoms with van der Waals surface area (Å²) in [5.41, 5.74) is -3.89. The van der Waals surface area contributed by atoms with E-state index in [4.69, 9.17) is 0 Å². The second kappa shape index (κ2) is 7.97. The van der Waals surface area contributed by atoms with Crippen LogP contribution in [0.15, 0.2) is 40.6 Å². The fourth-order valence-electron chi connectivity index (χ4n) is 2.55. The van der Waals surface area contributed by atoms with Gasteiger partial charge in [-0.3, -0.25) is 24.5 Å². The molecule has 0 aliphatic rings. The minimum Gasteiger partial charge on any atom is -0.494 e. The number of aromatic nitrogens is 1. The van der Waals surface area contributed by atoms with Crippen LogP contribution >= 0.6 is 0 Å². The van der Waals surface area contributed by atoms with Gasteiger partial charge in [-0.25, -0.2) is 0 Å². The molecule has 1 aromatic carbocycles. The zero-order chi connectivity index (χ0) is 21.9. The number of rotatable bonds is 5. The Morgan fingerprint density at radius 1 is 1.45 bits per heavy atom. The van der Waals surface area contributed by atoms with E-state index >= 15 is 0 Å². The molecule has 8 nitrogen and oxygen atoms in total. The third-order valence-corrected chi connectivity index (χ3v) is 3.98. The lowest BCUT2D eigenvalue weighted by molar-refractivity contribution is -0.388. The molecule has 0 unspecified atom stereocenters. The van der Waals surface area contributed by atoms with E-state index in [1.807, 2.05) is 0 Å². The first-order valence-electron chi connectivity index (χ1n) is 7.90. The van der Waals surface area contributed by atoms with Crippen LogP contribution in [0.2, 0.25) is 0 Å². The van der Waals surface area contributed by atoms with Crippen molar-refractivity contribution in [2.24, 2.45) is 4.99 Å². The molecule has 0 atom stereocenters. The molecule has 0 aliphatic heterocycles. The summed E-state index contributed by atoms with van der Waals surface area (Å²) in [6.45, 7) is 4.70. The molecule has 2 rings (SSSR count). The van der Waals surface area contributed by atoms with Crippen LogP contribution in [0.3, 0.4) is 0 Å². The molecule has 2 aromatic rings. The van der Waals surface area contributed by atoms with E-state index in [-0.39, 0.29) is 28.9 Å². The molecule has 11 heteroatoms. The fourth-order valence-corrected chi connectivity index (χ4v) is 2.55. The number of halogens is 3. The Bertz CT molecular complexity index is 1130. The zero-order valence-electron chi connectivity index (χ0n) is 14.9.